The van der Waals surface area contributed by atoms with Crippen LogP contribution < -0.4 is 0 Å². The van der Waals surface area contributed by atoms with E-state index in [4.69, 9.17) is 4.74 Å². The molecule has 3 aliphatic rings. The van der Waals surface area contributed by atoms with Gasteiger partial charge in [0.1, 0.15) is 5.69 Å². The van der Waals surface area contributed by atoms with E-state index in [0.29, 0.717) is 37.9 Å². The number of amides is 1. The number of nitrogens with one attached hydrogen (secondary N) is 1. The highest BCUT2D eigenvalue weighted by atomic mass is 16.5. The van der Waals surface area contributed by atoms with E-state index in [0.717, 1.165) is 18.2 Å². The molecule has 3 fully saturated rings. The second-order valence-electron chi connectivity index (χ2n) is 8.22. The van der Waals surface area contributed by atoms with Gasteiger partial charge in [0.15, 0.2) is 0 Å². The quantitative estimate of drug-likeness (QED) is 0.897. The summed E-state index contributed by atoms with van der Waals surface area (Å²) in [5.74, 6) is 1.40. The molecule has 2 saturated heterocycles. The smallest absolute Gasteiger partial charge is 0.274 e. The van der Waals surface area contributed by atoms with Crippen LogP contribution in [0.4, 0.5) is 0 Å². The largest absolute Gasteiger partial charge is 0.378 e. The van der Waals surface area contributed by atoms with E-state index >= 15 is 0 Å². The van der Waals surface area contributed by atoms with Crippen LogP contribution in [0.15, 0.2) is 6.07 Å². The fourth-order valence-corrected chi connectivity index (χ4v) is 4.79. The molecule has 1 aliphatic carbocycles. The molecule has 0 spiro atoms. The number of aromatic amines is 1. The van der Waals surface area contributed by atoms with Crippen molar-refractivity contribution in [3.8, 4) is 0 Å². The van der Waals surface area contributed by atoms with Crippen LogP contribution in [0.5, 0.6) is 0 Å². The van der Waals surface area contributed by atoms with Gasteiger partial charge in [-0.1, -0.05) is 19.3 Å². The molecule has 3 heterocycles. The Morgan fingerprint density at radius 1 is 1.12 bits per heavy atom. The van der Waals surface area contributed by atoms with Crippen molar-refractivity contribution >= 4 is 5.91 Å². The molecule has 1 saturated carbocycles. The van der Waals surface area contributed by atoms with Crippen molar-refractivity contribution in [2.75, 3.05) is 45.9 Å². The summed E-state index contributed by atoms with van der Waals surface area (Å²) in [6.45, 7) is 6.16. The summed E-state index contributed by atoms with van der Waals surface area (Å²) in [4.78, 5) is 17.1. The standard InChI is InChI=1S/C20H32N4O2/c25-20(24-9-11-26-12-10-24)19-13-18(21-22-19)17-7-4-8-23(15-17)14-16-5-2-1-3-6-16/h13,16-17H,1-12,14-15H2,(H,21,22)/t17-/m1/s1. The molecule has 2 aliphatic heterocycles. The maximum Gasteiger partial charge on any atom is 0.274 e. The Kier molecular flexibility index (Phi) is 5.90. The summed E-state index contributed by atoms with van der Waals surface area (Å²) in [5.41, 5.74) is 1.70. The summed E-state index contributed by atoms with van der Waals surface area (Å²) >= 11 is 0. The van der Waals surface area contributed by atoms with Crippen molar-refractivity contribution in [3.63, 3.8) is 0 Å². The SMILES string of the molecule is O=C(c1cc([C@@H]2CCCN(CC3CCCCC3)C2)[nH]n1)N1CCOCC1. The van der Waals surface area contributed by atoms with Crippen LogP contribution in [0.2, 0.25) is 0 Å². The molecule has 6 heteroatoms. The van der Waals surface area contributed by atoms with E-state index in [1.54, 1.807) is 0 Å². The fourth-order valence-electron chi connectivity index (χ4n) is 4.79. The summed E-state index contributed by atoms with van der Waals surface area (Å²) in [6, 6.07) is 1.99. The molecule has 0 unspecified atom stereocenters. The van der Waals surface area contributed by atoms with Crippen LogP contribution in [0.3, 0.4) is 0 Å². The topological polar surface area (TPSA) is 61.5 Å². The van der Waals surface area contributed by atoms with Gasteiger partial charge in [-0.2, -0.15) is 5.10 Å². The van der Waals surface area contributed by atoms with Gasteiger partial charge >= 0.3 is 0 Å². The molecule has 4 rings (SSSR count). The molecule has 6 nitrogen and oxygen atoms in total. The lowest BCUT2D eigenvalue weighted by Crippen LogP contribution is -2.40. The number of ether oxygens (including phenoxy) is 1. The lowest BCUT2D eigenvalue weighted by Gasteiger charge is -2.35. The number of aromatic nitrogens is 2. The third-order valence-corrected chi connectivity index (χ3v) is 6.30. The first-order valence-electron chi connectivity index (χ1n) is 10.4. The zero-order valence-electron chi connectivity index (χ0n) is 15.8. The van der Waals surface area contributed by atoms with Crippen LogP contribution in [-0.4, -0.2) is 71.8 Å². The Hall–Kier alpha value is -1.40. The maximum absolute atomic E-state index is 12.6. The average Bonchev–Trinajstić information content (AvgIpc) is 3.19. The number of nitrogens with zero attached hydrogens (tertiary/aromatic N) is 3. The number of rotatable bonds is 4. The van der Waals surface area contributed by atoms with Crippen LogP contribution >= 0.6 is 0 Å². The summed E-state index contributed by atoms with van der Waals surface area (Å²) < 4.78 is 5.33. The first kappa shape index (κ1) is 18.0. The number of H-pyrrole nitrogens is 1. The van der Waals surface area contributed by atoms with Crippen molar-refractivity contribution in [3.05, 3.63) is 17.5 Å². The van der Waals surface area contributed by atoms with Crippen LogP contribution in [0, 0.1) is 5.92 Å². The molecule has 0 radical (unpaired) electrons. The van der Waals surface area contributed by atoms with Crippen LogP contribution in [0.25, 0.3) is 0 Å². The van der Waals surface area contributed by atoms with Crippen LogP contribution in [-0.2, 0) is 4.74 Å². The summed E-state index contributed by atoms with van der Waals surface area (Å²) in [6.07, 6.45) is 9.49. The predicted molar refractivity (Wildman–Crippen MR) is 100 cm³/mol. The van der Waals surface area contributed by atoms with Crippen molar-refractivity contribution < 1.29 is 9.53 Å². The van der Waals surface area contributed by atoms with Gasteiger partial charge < -0.3 is 14.5 Å². The molecule has 1 aromatic heterocycles. The highest BCUT2D eigenvalue weighted by Gasteiger charge is 2.27. The van der Waals surface area contributed by atoms with Gasteiger partial charge in [-0.15, -0.1) is 0 Å². The van der Waals surface area contributed by atoms with Crippen molar-refractivity contribution in [2.45, 2.75) is 50.9 Å². The van der Waals surface area contributed by atoms with Crippen molar-refractivity contribution in [2.24, 2.45) is 5.92 Å². The van der Waals surface area contributed by atoms with Gasteiger partial charge in [0.25, 0.3) is 5.91 Å². The second-order valence-corrected chi connectivity index (χ2v) is 8.22. The molecule has 144 valence electrons. The monoisotopic (exact) mass is 360 g/mol. The van der Waals surface area contributed by atoms with Gasteiger partial charge in [-0.3, -0.25) is 9.89 Å². The van der Waals surface area contributed by atoms with Crippen molar-refractivity contribution in [1.82, 2.24) is 20.0 Å². The predicted octanol–water partition coefficient (Wildman–Crippen LogP) is 2.64. The normalized spacial score (nSPS) is 26.2. The Morgan fingerprint density at radius 3 is 2.73 bits per heavy atom. The molecular weight excluding hydrogens is 328 g/mol. The highest BCUT2D eigenvalue weighted by Crippen LogP contribution is 2.29. The first-order valence-corrected chi connectivity index (χ1v) is 10.4. The van der Waals surface area contributed by atoms with E-state index in [1.807, 2.05) is 11.0 Å². The fraction of sp³-hybridized carbons (Fsp3) is 0.800. The molecule has 1 N–H and O–H groups in total. The molecule has 1 amide bonds. The minimum absolute atomic E-state index is 0.0330. The zero-order valence-corrected chi connectivity index (χ0v) is 15.8. The van der Waals surface area contributed by atoms with Gasteiger partial charge in [-0.25, -0.2) is 0 Å². The number of hydrogen-bond acceptors (Lipinski definition) is 4. The molecule has 26 heavy (non-hydrogen) atoms. The number of piperidine rings is 1. The van der Waals surface area contributed by atoms with Gasteiger partial charge in [-0.05, 0) is 44.2 Å². The highest BCUT2D eigenvalue weighted by molar-refractivity contribution is 5.92. The lowest BCUT2D eigenvalue weighted by atomic mass is 9.87. The third kappa shape index (κ3) is 4.29. The van der Waals surface area contributed by atoms with E-state index in [2.05, 4.69) is 15.1 Å². The number of likely N-dealkylation sites (tertiary alicyclic amines) is 1. The second kappa shape index (κ2) is 8.53. The van der Waals surface area contributed by atoms with E-state index < -0.39 is 0 Å². The molecule has 0 aromatic carbocycles. The average molecular weight is 361 g/mol. The van der Waals surface area contributed by atoms with Crippen molar-refractivity contribution in [1.29, 1.82) is 0 Å². The number of carbonyl (C=O) groups excluding carboxylic acids is 1. The van der Waals surface area contributed by atoms with Gasteiger partial charge in [0, 0.05) is 37.8 Å². The number of carbonyl (C=O) groups is 1. The summed E-state index contributed by atoms with van der Waals surface area (Å²) in [5, 5.41) is 7.50. The first-order chi connectivity index (χ1) is 12.8. The molecular formula is C20H32N4O2. The molecule has 0 bridgehead atoms. The molecule has 1 aromatic rings. The summed E-state index contributed by atoms with van der Waals surface area (Å²) in [7, 11) is 0. The van der Waals surface area contributed by atoms with Crippen LogP contribution in [0.1, 0.15) is 67.0 Å². The minimum Gasteiger partial charge on any atom is -0.378 e. The van der Waals surface area contributed by atoms with E-state index in [9.17, 15) is 4.79 Å². The Morgan fingerprint density at radius 2 is 1.92 bits per heavy atom. The Bertz CT molecular complexity index is 590. The number of hydrogen-bond donors (Lipinski definition) is 1. The molecule has 1 atom stereocenters. The minimum atomic E-state index is 0.0330. The maximum atomic E-state index is 12.6. The van der Waals surface area contributed by atoms with E-state index in [1.165, 1.54) is 58.0 Å². The Labute approximate surface area is 156 Å². The lowest BCUT2D eigenvalue weighted by molar-refractivity contribution is 0.0299. The van der Waals surface area contributed by atoms with E-state index in [-0.39, 0.29) is 5.91 Å². The third-order valence-electron chi connectivity index (χ3n) is 6.30. The van der Waals surface area contributed by atoms with Gasteiger partial charge in [0.2, 0.25) is 0 Å². The number of morpholine rings is 1. The van der Waals surface area contributed by atoms with Gasteiger partial charge in [0.05, 0.1) is 13.2 Å². The Balaban J connectivity index is 1.34. The zero-order chi connectivity index (χ0) is 17.8.